The highest BCUT2D eigenvalue weighted by atomic mass is 19.3. The van der Waals surface area contributed by atoms with Crippen LogP contribution in [-0.4, -0.2) is 27.6 Å². The number of nitrogens with zero attached hydrogens (tertiary/aromatic N) is 3. The summed E-state index contributed by atoms with van der Waals surface area (Å²) in [6, 6.07) is 4.89. The fourth-order valence-corrected chi connectivity index (χ4v) is 3.78. The largest absolute Gasteiger partial charge is 0.379 e. The third-order valence-corrected chi connectivity index (χ3v) is 5.43. The van der Waals surface area contributed by atoms with Gasteiger partial charge in [-0.05, 0) is 12.8 Å². The molecule has 1 atom stereocenters. The fraction of sp³-hybridized carbons (Fsp3) is 0.381. The lowest BCUT2D eigenvalue weighted by Gasteiger charge is -2.24. The van der Waals surface area contributed by atoms with E-state index in [0.717, 1.165) is 23.6 Å². The maximum Gasteiger partial charge on any atom is 0.274 e. The van der Waals surface area contributed by atoms with Gasteiger partial charge in [0.1, 0.15) is 5.82 Å². The Hall–Kier alpha value is -3.14. The number of hydrogen-bond donors (Lipinski definition) is 1. The predicted octanol–water partition coefficient (Wildman–Crippen LogP) is 3.14. The predicted molar refractivity (Wildman–Crippen MR) is 109 cm³/mol. The molecule has 164 valence electrons. The fourth-order valence-electron chi connectivity index (χ4n) is 3.78. The molecule has 1 fully saturated rings. The molecule has 1 aromatic carbocycles. The lowest BCUT2D eigenvalue weighted by Crippen LogP contribution is -2.31. The first-order valence-electron chi connectivity index (χ1n) is 9.87. The van der Waals surface area contributed by atoms with Gasteiger partial charge in [0.25, 0.3) is 17.5 Å². The van der Waals surface area contributed by atoms with Crippen LogP contribution < -0.4 is 16.4 Å². The molecule has 0 bridgehead atoms. The monoisotopic (exact) mass is 434 g/mol. The van der Waals surface area contributed by atoms with E-state index in [1.807, 2.05) is 0 Å². The van der Waals surface area contributed by atoms with Crippen molar-refractivity contribution in [1.29, 1.82) is 0 Å². The number of aromatic nitrogens is 3. The van der Waals surface area contributed by atoms with E-state index in [4.69, 9.17) is 4.74 Å². The molecule has 2 aromatic heterocycles. The lowest BCUT2D eigenvalue weighted by atomic mass is 10.1. The van der Waals surface area contributed by atoms with Crippen LogP contribution in [0, 0.1) is 5.82 Å². The van der Waals surface area contributed by atoms with Crippen LogP contribution in [0.15, 0.2) is 40.1 Å². The summed E-state index contributed by atoms with van der Waals surface area (Å²) in [5, 5.41) is 7.68. The van der Waals surface area contributed by atoms with E-state index in [-0.39, 0.29) is 34.9 Å². The first-order valence-corrected chi connectivity index (χ1v) is 9.87. The summed E-state index contributed by atoms with van der Waals surface area (Å²) in [5.74, 6) is -0.750. The molecule has 10 heteroatoms. The highest BCUT2D eigenvalue weighted by Gasteiger charge is 2.20. The van der Waals surface area contributed by atoms with E-state index >= 15 is 0 Å². The molecule has 0 spiro atoms. The van der Waals surface area contributed by atoms with Crippen LogP contribution in [0.2, 0.25) is 0 Å². The summed E-state index contributed by atoms with van der Waals surface area (Å²) in [7, 11) is 1.44. The van der Waals surface area contributed by atoms with E-state index in [2.05, 4.69) is 10.4 Å². The maximum atomic E-state index is 14.4. The number of alkyl halides is 2. The van der Waals surface area contributed by atoms with E-state index in [0.29, 0.717) is 18.6 Å². The molecule has 0 amide bonds. The first-order chi connectivity index (χ1) is 14.9. The number of halogens is 3. The van der Waals surface area contributed by atoms with Crippen LogP contribution in [0.4, 0.5) is 19.0 Å². The zero-order valence-corrected chi connectivity index (χ0v) is 16.8. The van der Waals surface area contributed by atoms with Crippen molar-refractivity contribution in [2.75, 3.05) is 18.5 Å². The smallest absolute Gasteiger partial charge is 0.274 e. The van der Waals surface area contributed by atoms with E-state index in [1.165, 1.54) is 29.8 Å². The molecule has 1 N–H and O–H groups in total. The summed E-state index contributed by atoms with van der Waals surface area (Å²) in [6.07, 6.45) is 0.204. The van der Waals surface area contributed by atoms with Crippen LogP contribution in [0.5, 0.6) is 0 Å². The van der Waals surface area contributed by atoms with Crippen molar-refractivity contribution >= 4 is 16.6 Å². The molecule has 4 rings (SSSR count). The van der Waals surface area contributed by atoms with Crippen molar-refractivity contribution in [1.82, 2.24) is 14.3 Å². The minimum absolute atomic E-state index is 0.0376. The van der Waals surface area contributed by atoms with Crippen molar-refractivity contribution in [3.05, 3.63) is 68.1 Å². The van der Waals surface area contributed by atoms with Crippen LogP contribution in [0.1, 0.15) is 36.4 Å². The Morgan fingerprint density at radius 2 is 2.10 bits per heavy atom. The second-order valence-electron chi connectivity index (χ2n) is 7.47. The molecular formula is C21H21F3N4O3. The molecule has 3 heterocycles. The zero-order chi connectivity index (χ0) is 22.1. The Balaban J connectivity index is 1.75. The zero-order valence-electron chi connectivity index (χ0n) is 16.8. The Kier molecular flexibility index (Phi) is 5.81. The van der Waals surface area contributed by atoms with Crippen LogP contribution >= 0.6 is 0 Å². The van der Waals surface area contributed by atoms with Crippen LogP contribution in [-0.2, 0) is 18.3 Å². The topological polar surface area (TPSA) is 78.2 Å². The third kappa shape index (κ3) is 4.07. The molecular weight excluding hydrogens is 413 g/mol. The maximum absolute atomic E-state index is 14.4. The lowest BCUT2D eigenvalue weighted by molar-refractivity contribution is 0.0581. The highest BCUT2D eigenvalue weighted by molar-refractivity contribution is 5.90. The standard InChI is InChI=1S/C21H21F3N4O3/c1-27-21(30)15-8-17(29)28(13-5-3-7-31-11-13)10-16(15)20(26-27)25-9-12-4-2-6-14(18(12)22)19(23)24/h2,4,6,8,10,13,19H,3,5,7,9,11H2,1H3,(H,25,26). The molecule has 1 aliphatic rings. The Morgan fingerprint density at radius 1 is 1.29 bits per heavy atom. The van der Waals surface area contributed by atoms with Gasteiger partial charge >= 0.3 is 0 Å². The molecule has 7 nitrogen and oxygen atoms in total. The first kappa shape index (κ1) is 21.1. The van der Waals surface area contributed by atoms with Crippen molar-refractivity contribution in [2.45, 2.75) is 31.9 Å². The van der Waals surface area contributed by atoms with Gasteiger partial charge in [-0.1, -0.05) is 18.2 Å². The number of fused-ring (bicyclic) bond motifs is 1. The Morgan fingerprint density at radius 3 is 2.81 bits per heavy atom. The highest BCUT2D eigenvalue weighted by Crippen LogP contribution is 2.26. The number of ether oxygens (including phenoxy) is 1. The molecule has 1 unspecified atom stereocenters. The van der Waals surface area contributed by atoms with E-state index in [9.17, 15) is 22.8 Å². The van der Waals surface area contributed by atoms with Gasteiger partial charge in [0.05, 0.1) is 23.6 Å². The van der Waals surface area contributed by atoms with Crippen molar-refractivity contribution in [2.24, 2.45) is 7.05 Å². The van der Waals surface area contributed by atoms with E-state index in [1.54, 1.807) is 6.20 Å². The van der Waals surface area contributed by atoms with Crippen molar-refractivity contribution < 1.29 is 17.9 Å². The second kappa shape index (κ2) is 8.54. The van der Waals surface area contributed by atoms with Crippen molar-refractivity contribution in [3.8, 4) is 0 Å². The molecule has 1 saturated heterocycles. The molecule has 0 aliphatic carbocycles. The van der Waals surface area contributed by atoms with Gasteiger partial charge in [0, 0.05) is 43.4 Å². The number of nitrogens with one attached hydrogen (secondary N) is 1. The number of anilines is 1. The summed E-state index contributed by atoms with van der Waals surface area (Å²) in [4.78, 5) is 25.2. The van der Waals surface area contributed by atoms with Crippen molar-refractivity contribution in [3.63, 3.8) is 0 Å². The summed E-state index contributed by atoms with van der Waals surface area (Å²) in [5.41, 5.74) is -1.41. The molecule has 0 saturated carbocycles. The summed E-state index contributed by atoms with van der Waals surface area (Å²) >= 11 is 0. The minimum atomic E-state index is -2.93. The van der Waals surface area contributed by atoms with Gasteiger partial charge < -0.3 is 14.6 Å². The number of rotatable bonds is 5. The SMILES string of the molecule is Cn1nc(NCc2cccc(C(F)F)c2F)c2cn(C3CCCOC3)c(=O)cc2c1=O. The average Bonchev–Trinajstić information content (AvgIpc) is 2.76. The number of hydrogen-bond acceptors (Lipinski definition) is 5. The third-order valence-electron chi connectivity index (χ3n) is 5.43. The summed E-state index contributed by atoms with van der Waals surface area (Å²) < 4.78 is 48.4. The minimum Gasteiger partial charge on any atom is -0.379 e. The molecule has 1 aliphatic heterocycles. The van der Waals surface area contributed by atoms with Crippen LogP contribution in [0.25, 0.3) is 10.8 Å². The van der Waals surface area contributed by atoms with Crippen LogP contribution in [0.3, 0.4) is 0 Å². The Labute approximate surface area is 175 Å². The van der Waals surface area contributed by atoms with Gasteiger partial charge in [0.2, 0.25) is 0 Å². The van der Waals surface area contributed by atoms with Gasteiger partial charge in [0.15, 0.2) is 5.82 Å². The number of pyridine rings is 1. The molecule has 0 radical (unpaired) electrons. The number of benzene rings is 1. The average molecular weight is 434 g/mol. The Bertz CT molecular complexity index is 1230. The summed E-state index contributed by atoms with van der Waals surface area (Å²) in [6.45, 7) is 0.896. The molecule has 31 heavy (non-hydrogen) atoms. The second-order valence-corrected chi connectivity index (χ2v) is 7.47. The van der Waals surface area contributed by atoms with Gasteiger partial charge in [-0.2, -0.15) is 5.10 Å². The van der Waals surface area contributed by atoms with Gasteiger partial charge in [-0.15, -0.1) is 0 Å². The molecule has 3 aromatic rings. The van der Waals surface area contributed by atoms with Gasteiger partial charge in [-0.3, -0.25) is 9.59 Å². The van der Waals surface area contributed by atoms with E-state index < -0.39 is 23.4 Å². The van der Waals surface area contributed by atoms with Gasteiger partial charge in [-0.25, -0.2) is 17.9 Å². The number of aryl methyl sites for hydroxylation is 1. The normalized spacial score (nSPS) is 16.7. The quantitative estimate of drug-likeness (QED) is 0.668.